The van der Waals surface area contributed by atoms with E-state index >= 15 is 0 Å². The lowest BCUT2D eigenvalue weighted by Gasteiger charge is -2.38. The molecular formula is C14H27N3O2. The summed E-state index contributed by atoms with van der Waals surface area (Å²) >= 11 is 0. The van der Waals surface area contributed by atoms with Crippen LogP contribution in [-0.2, 0) is 9.53 Å². The van der Waals surface area contributed by atoms with Gasteiger partial charge in [-0.3, -0.25) is 4.79 Å². The fraction of sp³-hybridized carbons (Fsp3) is 0.929. The fourth-order valence-corrected chi connectivity index (χ4v) is 3.25. The van der Waals surface area contributed by atoms with Gasteiger partial charge < -0.3 is 20.3 Å². The van der Waals surface area contributed by atoms with Crippen LogP contribution < -0.4 is 5.73 Å². The number of carbonyl (C=O) groups is 1. The van der Waals surface area contributed by atoms with Crippen LogP contribution in [0, 0.1) is 5.92 Å². The summed E-state index contributed by atoms with van der Waals surface area (Å²) in [4.78, 5) is 16.9. The third-order valence-electron chi connectivity index (χ3n) is 4.55. The minimum absolute atomic E-state index is 0.118. The van der Waals surface area contributed by atoms with Crippen molar-refractivity contribution in [1.82, 2.24) is 9.80 Å². The zero-order valence-corrected chi connectivity index (χ0v) is 12.2. The molecule has 2 unspecified atom stereocenters. The Morgan fingerprint density at radius 3 is 2.37 bits per heavy atom. The quantitative estimate of drug-likeness (QED) is 0.797. The zero-order chi connectivity index (χ0) is 13.8. The van der Waals surface area contributed by atoms with Crippen LogP contribution in [0.5, 0.6) is 0 Å². The molecule has 0 radical (unpaired) electrons. The van der Waals surface area contributed by atoms with Gasteiger partial charge in [0.25, 0.3) is 0 Å². The van der Waals surface area contributed by atoms with Crippen LogP contribution in [0.3, 0.4) is 0 Å². The normalized spacial score (nSPS) is 29.2. The Kier molecular flexibility index (Phi) is 5.19. The molecule has 2 saturated heterocycles. The van der Waals surface area contributed by atoms with Gasteiger partial charge in [-0.15, -0.1) is 0 Å². The summed E-state index contributed by atoms with van der Waals surface area (Å²) < 4.78 is 5.29. The lowest BCUT2D eigenvalue weighted by Crippen LogP contribution is -2.50. The predicted octanol–water partition coefficient (Wildman–Crippen LogP) is 0.293. The molecule has 2 fully saturated rings. The van der Waals surface area contributed by atoms with Crippen molar-refractivity contribution in [3.63, 3.8) is 0 Å². The van der Waals surface area contributed by atoms with Gasteiger partial charge in [-0.25, -0.2) is 0 Å². The summed E-state index contributed by atoms with van der Waals surface area (Å²) in [6.45, 7) is 9.34. The van der Waals surface area contributed by atoms with Crippen molar-refractivity contribution in [1.29, 1.82) is 0 Å². The number of hydrogen-bond acceptors (Lipinski definition) is 4. The molecule has 0 aliphatic carbocycles. The zero-order valence-electron chi connectivity index (χ0n) is 12.2. The van der Waals surface area contributed by atoms with E-state index in [-0.39, 0.29) is 17.9 Å². The maximum atomic E-state index is 12.4. The molecule has 5 heteroatoms. The molecule has 2 N–H and O–H groups in total. The summed E-state index contributed by atoms with van der Waals surface area (Å²) in [7, 11) is 0. The molecule has 2 aliphatic rings. The molecular weight excluding hydrogens is 242 g/mol. The van der Waals surface area contributed by atoms with Crippen molar-refractivity contribution in [2.45, 2.75) is 38.8 Å². The number of piperidine rings is 1. The topological polar surface area (TPSA) is 58.8 Å². The lowest BCUT2D eigenvalue weighted by atomic mass is 9.98. The molecule has 0 spiro atoms. The Morgan fingerprint density at radius 1 is 1.26 bits per heavy atom. The maximum absolute atomic E-state index is 12.4. The van der Waals surface area contributed by atoms with Crippen LogP contribution in [0.1, 0.15) is 26.7 Å². The number of hydrogen-bond donors (Lipinski definition) is 1. The first kappa shape index (κ1) is 14.8. The number of rotatable bonds is 4. The van der Waals surface area contributed by atoms with E-state index in [1.54, 1.807) is 0 Å². The average Bonchev–Trinajstić information content (AvgIpc) is 2.86. The van der Waals surface area contributed by atoms with Gasteiger partial charge in [0, 0.05) is 25.2 Å². The highest BCUT2D eigenvalue weighted by Gasteiger charge is 2.36. The predicted molar refractivity (Wildman–Crippen MR) is 74.8 cm³/mol. The molecule has 0 bridgehead atoms. The van der Waals surface area contributed by atoms with E-state index in [1.807, 2.05) is 4.90 Å². The minimum Gasteiger partial charge on any atom is -0.379 e. The molecule has 2 atom stereocenters. The van der Waals surface area contributed by atoms with Gasteiger partial charge in [0.05, 0.1) is 19.1 Å². The number of nitrogens with zero attached hydrogens (tertiary/aromatic N) is 2. The van der Waals surface area contributed by atoms with Gasteiger partial charge >= 0.3 is 0 Å². The van der Waals surface area contributed by atoms with Gasteiger partial charge in [-0.05, 0) is 25.9 Å². The van der Waals surface area contributed by atoms with E-state index < -0.39 is 0 Å². The molecule has 0 aromatic heterocycles. The number of carbonyl (C=O) groups excluding carboxylic acids is 1. The smallest absolute Gasteiger partial charge is 0.229 e. The first-order valence-electron chi connectivity index (χ1n) is 7.53. The molecule has 5 nitrogen and oxygen atoms in total. The number of amides is 1. The van der Waals surface area contributed by atoms with Gasteiger partial charge in [0.15, 0.2) is 0 Å². The van der Waals surface area contributed by atoms with Crippen molar-refractivity contribution < 1.29 is 9.53 Å². The molecule has 110 valence electrons. The molecule has 19 heavy (non-hydrogen) atoms. The van der Waals surface area contributed by atoms with Crippen molar-refractivity contribution in [3.05, 3.63) is 0 Å². The maximum Gasteiger partial charge on any atom is 0.229 e. The van der Waals surface area contributed by atoms with Gasteiger partial charge in [0.1, 0.15) is 0 Å². The highest BCUT2D eigenvalue weighted by Crippen LogP contribution is 2.21. The van der Waals surface area contributed by atoms with Crippen molar-refractivity contribution in [2.75, 3.05) is 39.4 Å². The molecule has 1 amide bonds. The standard InChI is InChI=1S/C14H27N3O2/c1-3-16(4-2)11-5-7-17(8-6-11)14(18)12-9-19-10-13(12)15/h11-13H,3-10,15H2,1-2H3. The highest BCUT2D eigenvalue weighted by atomic mass is 16.5. The van der Waals surface area contributed by atoms with Crippen molar-refractivity contribution in [2.24, 2.45) is 11.7 Å². The summed E-state index contributed by atoms with van der Waals surface area (Å²) in [6, 6.07) is 0.514. The van der Waals surface area contributed by atoms with E-state index in [2.05, 4.69) is 18.7 Å². The summed E-state index contributed by atoms with van der Waals surface area (Å²) in [5.41, 5.74) is 5.92. The number of ether oxygens (including phenoxy) is 1. The van der Waals surface area contributed by atoms with E-state index in [0.29, 0.717) is 19.3 Å². The number of nitrogens with two attached hydrogens (primary N) is 1. The van der Waals surface area contributed by atoms with Gasteiger partial charge in [0.2, 0.25) is 5.91 Å². The lowest BCUT2D eigenvalue weighted by molar-refractivity contribution is -0.137. The second kappa shape index (κ2) is 6.68. The summed E-state index contributed by atoms with van der Waals surface area (Å²) in [5.74, 6) is 0.0769. The summed E-state index contributed by atoms with van der Waals surface area (Å²) in [5, 5.41) is 0. The Balaban J connectivity index is 1.84. The van der Waals surface area contributed by atoms with Gasteiger partial charge in [-0.1, -0.05) is 13.8 Å². The first-order chi connectivity index (χ1) is 9.17. The fourth-order valence-electron chi connectivity index (χ4n) is 3.25. The first-order valence-corrected chi connectivity index (χ1v) is 7.53. The SMILES string of the molecule is CCN(CC)C1CCN(C(=O)C2COCC2N)CC1. The van der Waals surface area contributed by atoms with Crippen LogP contribution in [-0.4, -0.2) is 67.2 Å². The Hall–Kier alpha value is -0.650. The minimum atomic E-state index is -0.120. The molecule has 2 heterocycles. The monoisotopic (exact) mass is 269 g/mol. The van der Waals surface area contributed by atoms with Gasteiger partial charge in [-0.2, -0.15) is 0 Å². The number of likely N-dealkylation sites (tertiary alicyclic amines) is 1. The third kappa shape index (κ3) is 3.27. The second-order valence-corrected chi connectivity index (χ2v) is 5.59. The van der Waals surface area contributed by atoms with Crippen molar-refractivity contribution in [3.8, 4) is 0 Å². The molecule has 0 aromatic rings. The molecule has 0 saturated carbocycles. The van der Waals surface area contributed by atoms with Crippen LogP contribution in [0.25, 0.3) is 0 Å². The van der Waals surface area contributed by atoms with Crippen LogP contribution in [0.4, 0.5) is 0 Å². The molecule has 2 rings (SSSR count). The Bertz CT molecular complexity index is 299. The van der Waals surface area contributed by atoms with Crippen LogP contribution >= 0.6 is 0 Å². The average molecular weight is 269 g/mol. The van der Waals surface area contributed by atoms with Crippen LogP contribution in [0.15, 0.2) is 0 Å². The van der Waals surface area contributed by atoms with Crippen molar-refractivity contribution >= 4 is 5.91 Å². The Morgan fingerprint density at radius 2 is 1.89 bits per heavy atom. The molecule has 0 aromatic carbocycles. The second-order valence-electron chi connectivity index (χ2n) is 5.59. The van der Waals surface area contributed by atoms with E-state index in [1.165, 1.54) is 0 Å². The molecule has 2 aliphatic heterocycles. The van der Waals surface area contributed by atoms with E-state index in [4.69, 9.17) is 10.5 Å². The van der Waals surface area contributed by atoms with E-state index in [9.17, 15) is 4.79 Å². The van der Waals surface area contributed by atoms with E-state index in [0.717, 1.165) is 39.0 Å². The van der Waals surface area contributed by atoms with Crippen LogP contribution in [0.2, 0.25) is 0 Å². The largest absolute Gasteiger partial charge is 0.379 e. The highest BCUT2D eigenvalue weighted by molar-refractivity contribution is 5.80. The summed E-state index contributed by atoms with van der Waals surface area (Å²) in [6.07, 6.45) is 2.16. The third-order valence-corrected chi connectivity index (χ3v) is 4.55. The Labute approximate surface area is 116 Å².